The number of aryl methyl sites for hydroxylation is 1. The molecule has 11 heteroatoms. The summed E-state index contributed by atoms with van der Waals surface area (Å²) in [6.45, 7) is 3.74. The predicted molar refractivity (Wildman–Crippen MR) is 112 cm³/mol. The average Bonchev–Trinajstić information content (AvgIpc) is 3.05. The third-order valence-corrected chi connectivity index (χ3v) is 4.33. The number of aliphatic hydroxyl groups excluding tert-OH is 1. The Hall–Kier alpha value is -3.44. The molecule has 11 nitrogen and oxygen atoms in total. The Balaban J connectivity index is 1.98. The zero-order chi connectivity index (χ0) is 21.8. The van der Waals surface area contributed by atoms with E-state index in [-0.39, 0.29) is 42.1 Å². The lowest BCUT2D eigenvalue weighted by molar-refractivity contribution is -0.000105. The number of hydrazone groups is 1. The van der Waals surface area contributed by atoms with E-state index in [0.717, 1.165) is 0 Å². The van der Waals surface area contributed by atoms with Gasteiger partial charge in [0.1, 0.15) is 5.75 Å². The first kappa shape index (κ1) is 21.3. The first-order chi connectivity index (χ1) is 14.3. The van der Waals surface area contributed by atoms with Gasteiger partial charge in [0.05, 0.1) is 31.6 Å². The van der Waals surface area contributed by atoms with E-state index in [1.54, 1.807) is 18.2 Å². The average molecular weight is 416 g/mol. The minimum atomic E-state index is -0.927. The van der Waals surface area contributed by atoms with E-state index >= 15 is 0 Å². The number of imidazole rings is 1. The number of nitrogens with one attached hydrogen (secondary N) is 2. The zero-order valence-electron chi connectivity index (χ0n) is 16.9. The number of phenols is 1. The second-order valence-corrected chi connectivity index (χ2v) is 7.00. The van der Waals surface area contributed by atoms with Crippen molar-refractivity contribution < 1.29 is 14.9 Å². The van der Waals surface area contributed by atoms with Crippen molar-refractivity contribution in [2.45, 2.75) is 32.6 Å². The molecule has 0 amide bonds. The number of aromatic amines is 1. The maximum atomic E-state index is 12.4. The monoisotopic (exact) mass is 416 g/mol. The molecule has 0 bridgehead atoms. The van der Waals surface area contributed by atoms with Gasteiger partial charge >= 0.3 is 5.69 Å². The molecule has 0 aliphatic carbocycles. The largest absolute Gasteiger partial charge is 0.507 e. The van der Waals surface area contributed by atoms with Crippen LogP contribution in [0.5, 0.6) is 5.75 Å². The molecular formula is C19H24N6O5. The van der Waals surface area contributed by atoms with Gasteiger partial charge < -0.3 is 19.5 Å². The van der Waals surface area contributed by atoms with Crippen LogP contribution in [0.1, 0.15) is 19.4 Å². The van der Waals surface area contributed by atoms with E-state index in [4.69, 9.17) is 4.74 Å². The lowest BCUT2D eigenvalue weighted by Crippen LogP contribution is -2.30. The van der Waals surface area contributed by atoms with E-state index in [1.165, 1.54) is 28.5 Å². The van der Waals surface area contributed by atoms with Gasteiger partial charge in [-0.3, -0.25) is 14.3 Å². The molecule has 0 radical (unpaired) electrons. The molecule has 0 aliphatic heterocycles. The molecule has 2 heterocycles. The number of benzene rings is 1. The normalized spacial score (nSPS) is 12.8. The van der Waals surface area contributed by atoms with Crippen LogP contribution < -0.4 is 16.7 Å². The summed E-state index contributed by atoms with van der Waals surface area (Å²) in [5, 5.41) is 24.2. The summed E-state index contributed by atoms with van der Waals surface area (Å²) in [5.74, 6) is 0.198. The fourth-order valence-corrected chi connectivity index (χ4v) is 2.82. The number of rotatable bonds is 8. The third kappa shape index (κ3) is 4.58. The fourth-order valence-electron chi connectivity index (χ4n) is 2.82. The van der Waals surface area contributed by atoms with Gasteiger partial charge in [0.25, 0.3) is 5.56 Å². The Morgan fingerprint density at radius 1 is 1.33 bits per heavy atom. The number of aromatic nitrogens is 4. The van der Waals surface area contributed by atoms with Crippen molar-refractivity contribution in [1.29, 1.82) is 0 Å². The van der Waals surface area contributed by atoms with E-state index in [9.17, 15) is 19.8 Å². The molecule has 30 heavy (non-hydrogen) atoms. The third-order valence-electron chi connectivity index (χ3n) is 4.33. The highest BCUT2D eigenvalue weighted by molar-refractivity contribution is 5.83. The van der Waals surface area contributed by atoms with Gasteiger partial charge in [-0.05, 0) is 26.0 Å². The summed E-state index contributed by atoms with van der Waals surface area (Å²) in [6, 6.07) is 6.63. The molecule has 160 valence electrons. The Labute approximate surface area is 171 Å². The van der Waals surface area contributed by atoms with Crippen LogP contribution in [0.4, 0.5) is 5.95 Å². The van der Waals surface area contributed by atoms with Crippen molar-refractivity contribution in [2.24, 2.45) is 12.1 Å². The summed E-state index contributed by atoms with van der Waals surface area (Å²) in [5.41, 5.74) is 2.20. The number of fused-ring (bicyclic) bond motifs is 1. The Morgan fingerprint density at radius 3 is 2.77 bits per heavy atom. The number of H-pyrrole nitrogens is 1. The number of nitrogens with zero attached hydrogens (tertiary/aromatic N) is 4. The summed E-state index contributed by atoms with van der Waals surface area (Å²) >= 11 is 0. The molecular weight excluding hydrogens is 392 g/mol. The minimum absolute atomic E-state index is 0.0149. The van der Waals surface area contributed by atoms with Gasteiger partial charge in [0, 0.05) is 12.6 Å². The molecule has 1 aromatic carbocycles. The maximum absolute atomic E-state index is 12.4. The lowest BCUT2D eigenvalue weighted by Gasteiger charge is -2.15. The van der Waals surface area contributed by atoms with E-state index in [1.807, 2.05) is 13.8 Å². The SMILES string of the molecule is CC(C)OCC(O)Cn1c(N/N=C/c2ccccc2O)nc2c1c(=O)[nH]c(=O)n2C. The molecule has 1 unspecified atom stereocenters. The van der Waals surface area contributed by atoms with Crippen LogP contribution in [0.2, 0.25) is 0 Å². The van der Waals surface area contributed by atoms with Crippen molar-refractivity contribution in [1.82, 2.24) is 19.1 Å². The van der Waals surface area contributed by atoms with Crippen LogP contribution in [0.15, 0.2) is 39.0 Å². The molecule has 4 N–H and O–H groups in total. The van der Waals surface area contributed by atoms with Gasteiger partial charge in [-0.2, -0.15) is 10.1 Å². The number of phenolic OH excluding ortho intramolecular Hbond substituents is 1. The van der Waals surface area contributed by atoms with Crippen LogP contribution in [0, 0.1) is 0 Å². The van der Waals surface area contributed by atoms with E-state index in [0.29, 0.717) is 5.56 Å². The van der Waals surface area contributed by atoms with Crippen LogP contribution in [0.25, 0.3) is 11.2 Å². The molecule has 0 spiro atoms. The molecule has 3 rings (SSSR count). The van der Waals surface area contributed by atoms with Crippen molar-refractivity contribution >= 4 is 23.3 Å². The quantitative estimate of drug-likeness (QED) is 0.306. The van der Waals surface area contributed by atoms with Crippen molar-refractivity contribution in [3.63, 3.8) is 0 Å². The highest BCUT2D eigenvalue weighted by Gasteiger charge is 2.19. The number of para-hydroxylation sites is 1. The van der Waals surface area contributed by atoms with Crippen LogP contribution in [0.3, 0.4) is 0 Å². The van der Waals surface area contributed by atoms with Gasteiger partial charge in [-0.1, -0.05) is 12.1 Å². The standard InChI is InChI=1S/C19H24N6O5/c1-11(2)30-10-13(26)9-25-15-16(24(3)19(29)22-17(15)28)21-18(25)23-20-8-12-6-4-5-7-14(12)27/h4-8,11,13,26-27H,9-10H2,1-3H3,(H,21,23)(H,22,28,29)/b20-8+. The van der Waals surface area contributed by atoms with Crippen LogP contribution in [-0.4, -0.2) is 54.3 Å². The number of hydrogen-bond acceptors (Lipinski definition) is 8. The molecule has 0 saturated heterocycles. The van der Waals surface area contributed by atoms with Crippen molar-refractivity contribution in [3.05, 3.63) is 50.7 Å². The number of ether oxygens (including phenoxy) is 1. The second kappa shape index (κ2) is 8.93. The minimum Gasteiger partial charge on any atom is -0.507 e. The molecule has 3 aromatic rings. The smallest absolute Gasteiger partial charge is 0.329 e. The summed E-state index contributed by atoms with van der Waals surface area (Å²) in [6.07, 6.45) is 0.397. The van der Waals surface area contributed by atoms with Gasteiger partial charge in [-0.15, -0.1) is 0 Å². The number of hydrogen-bond donors (Lipinski definition) is 4. The fraction of sp³-hybridized carbons (Fsp3) is 0.368. The topological polar surface area (TPSA) is 147 Å². The highest BCUT2D eigenvalue weighted by Crippen LogP contribution is 2.17. The number of anilines is 1. The Kier molecular flexibility index (Phi) is 6.33. The lowest BCUT2D eigenvalue weighted by atomic mass is 10.2. The van der Waals surface area contributed by atoms with E-state index in [2.05, 4.69) is 20.5 Å². The van der Waals surface area contributed by atoms with Crippen molar-refractivity contribution in [3.8, 4) is 5.75 Å². The van der Waals surface area contributed by atoms with E-state index < -0.39 is 17.4 Å². The molecule has 2 aromatic heterocycles. The molecule has 0 saturated carbocycles. The zero-order valence-corrected chi connectivity index (χ0v) is 16.9. The van der Waals surface area contributed by atoms with Crippen LogP contribution >= 0.6 is 0 Å². The number of aromatic hydroxyl groups is 1. The van der Waals surface area contributed by atoms with Crippen LogP contribution in [-0.2, 0) is 18.3 Å². The molecule has 1 atom stereocenters. The Bertz CT molecular complexity index is 1180. The predicted octanol–water partition coefficient (Wildman–Crippen LogP) is 0.361. The second-order valence-electron chi connectivity index (χ2n) is 7.00. The first-order valence-corrected chi connectivity index (χ1v) is 9.34. The summed E-state index contributed by atoms with van der Waals surface area (Å²) in [4.78, 5) is 30.9. The Morgan fingerprint density at radius 2 is 2.07 bits per heavy atom. The summed E-state index contributed by atoms with van der Waals surface area (Å²) in [7, 11) is 1.48. The molecule has 0 aliphatic rings. The highest BCUT2D eigenvalue weighted by atomic mass is 16.5. The van der Waals surface area contributed by atoms with Gasteiger partial charge in [-0.25, -0.2) is 10.2 Å². The molecule has 0 fully saturated rings. The van der Waals surface area contributed by atoms with Gasteiger partial charge in [0.2, 0.25) is 5.95 Å². The van der Waals surface area contributed by atoms with Crippen molar-refractivity contribution in [2.75, 3.05) is 12.0 Å². The maximum Gasteiger partial charge on any atom is 0.329 e. The van der Waals surface area contributed by atoms with Gasteiger partial charge in [0.15, 0.2) is 11.2 Å². The summed E-state index contributed by atoms with van der Waals surface area (Å²) < 4.78 is 8.06. The number of aliphatic hydroxyl groups is 1. The first-order valence-electron chi connectivity index (χ1n) is 9.34.